The Labute approximate surface area is 152 Å². The molecule has 1 aromatic carbocycles. The maximum Gasteiger partial charge on any atom is 0.236 e. The van der Waals surface area contributed by atoms with Crippen LogP contribution in [0.5, 0.6) is 5.75 Å². The van der Waals surface area contributed by atoms with Crippen LogP contribution in [-0.4, -0.2) is 81.6 Å². The third-order valence-corrected chi connectivity index (χ3v) is 4.90. The van der Waals surface area contributed by atoms with Crippen molar-refractivity contribution in [1.29, 1.82) is 0 Å². The van der Waals surface area contributed by atoms with Gasteiger partial charge in [-0.3, -0.25) is 4.79 Å². The van der Waals surface area contributed by atoms with Crippen LogP contribution in [0.4, 0.5) is 0 Å². The quantitative estimate of drug-likeness (QED) is 0.720. The first-order valence-electron chi connectivity index (χ1n) is 9.22. The molecule has 25 heavy (non-hydrogen) atoms. The average molecular weight is 348 g/mol. The van der Waals surface area contributed by atoms with Gasteiger partial charge in [0.05, 0.1) is 13.7 Å². The number of benzene rings is 1. The van der Waals surface area contributed by atoms with Crippen molar-refractivity contribution in [2.24, 2.45) is 5.92 Å². The van der Waals surface area contributed by atoms with Crippen molar-refractivity contribution in [3.8, 4) is 5.75 Å². The topological polar surface area (TPSA) is 36.0 Å². The molecule has 2 rings (SSSR count). The number of piperidine rings is 1. The van der Waals surface area contributed by atoms with Crippen LogP contribution in [0.25, 0.3) is 0 Å². The SMILES string of the molecule is COc1ccccc1CCN1CCC[C@@H](CN(C)C(=O)CN(C)C)C1. The third-order valence-electron chi connectivity index (χ3n) is 4.90. The Bertz CT molecular complexity index is 547. The van der Waals surface area contributed by atoms with Crippen LogP contribution in [0.15, 0.2) is 24.3 Å². The monoisotopic (exact) mass is 347 g/mol. The first kappa shape index (κ1) is 19.7. The molecule has 5 nitrogen and oxygen atoms in total. The molecule has 1 fully saturated rings. The smallest absolute Gasteiger partial charge is 0.236 e. The summed E-state index contributed by atoms with van der Waals surface area (Å²) in [4.78, 5) is 18.5. The summed E-state index contributed by atoms with van der Waals surface area (Å²) in [5.74, 6) is 1.75. The molecule has 0 spiro atoms. The highest BCUT2D eigenvalue weighted by Gasteiger charge is 2.22. The molecule has 1 atom stereocenters. The van der Waals surface area contributed by atoms with Crippen LogP contribution in [0.2, 0.25) is 0 Å². The molecule has 1 aliphatic heterocycles. The van der Waals surface area contributed by atoms with Gasteiger partial charge in [-0.15, -0.1) is 0 Å². The van der Waals surface area contributed by atoms with Crippen LogP contribution >= 0.6 is 0 Å². The molecule has 1 aliphatic rings. The van der Waals surface area contributed by atoms with Gasteiger partial charge in [0.2, 0.25) is 5.91 Å². The van der Waals surface area contributed by atoms with Crippen LogP contribution in [0.1, 0.15) is 18.4 Å². The van der Waals surface area contributed by atoms with Gasteiger partial charge in [-0.1, -0.05) is 18.2 Å². The van der Waals surface area contributed by atoms with Gasteiger partial charge in [0.15, 0.2) is 0 Å². The molecule has 1 amide bonds. The van der Waals surface area contributed by atoms with Crippen molar-refractivity contribution in [3.63, 3.8) is 0 Å². The largest absolute Gasteiger partial charge is 0.496 e. The van der Waals surface area contributed by atoms with Crippen LogP contribution in [0.3, 0.4) is 0 Å². The molecule has 1 heterocycles. The van der Waals surface area contributed by atoms with Gasteiger partial charge < -0.3 is 19.4 Å². The second kappa shape index (κ2) is 9.78. The maximum atomic E-state index is 12.1. The molecular weight excluding hydrogens is 314 g/mol. The number of nitrogens with zero attached hydrogens (tertiary/aromatic N) is 3. The summed E-state index contributed by atoms with van der Waals surface area (Å²) in [5, 5.41) is 0. The molecule has 5 heteroatoms. The van der Waals surface area contributed by atoms with Crippen LogP contribution in [0, 0.1) is 5.92 Å². The van der Waals surface area contributed by atoms with E-state index in [0.717, 1.165) is 38.3 Å². The van der Waals surface area contributed by atoms with E-state index in [4.69, 9.17) is 4.74 Å². The predicted octanol–water partition coefficient (Wildman–Crippen LogP) is 1.97. The van der Waals surface area contributed by atoms with E-state index in [1.807, 2.05) is 43.1 Å². The van der Waals surface area contributed by atoms with Gasteiger partial charge in [0, 0.05) is 26.7 Å². The standard InChI is InChI=1S/C20H33N3O2/c1-21(2)16-20(24)22(3)14-17-8-7-12-23(15-17)13-11-18-9-5-6-10-19(18)25-4/h5-6,9-10,17H,7-8,11-16H2,1-4H3/t17-/m0/s1. The van der Waals surface area contributed by atoms with Gasteiger partial charge >= 0.3 is 0 Å². The van der Waals surface area contributed by atoms with E-state index in [0.29, 0.717) is 12.5 Å². The fourth-order valence-corrected chi connectivity index (χ4v) is 3.57. The number of likely N-dealkylation sites (tertiary alicyclic amines) is 1. The maximum absolute atomic E-state index is 12.1. The number of amides is 1. The number of rotatable bonds is 8. The zero-order chi connectivity index (χ0) is 18.2. The van der Waals surface area contributed by atoms with Crippen molar-refractivity contribution in [3.05, 3.63) is 29.8 Å². The van der Waals surface area contributed by atoms with E-state index in [1.54, 1.807) is 7.11 Å². The summed E-state index contributed by atoms with van der Waals surface area (Å²) >= 11 is 0. The Morgan fingerprint density at radius 2 is 2.04 bits per heavy atom. The lowest BCUT2D eigenvalue weighted by atomic mass is 9.97. The molecule has 0 N–H and O–H groups in total. The van der Waals surface area contributed by atoms with Crippen molar-refractivity contribution in [1.82, 2.24) is 14.7 Å². The first-order chi connectivity index (χ1) is 12.0. The Hall–Kier alpha value is -1.59. The Morgan fingerprint density at radius 3 is 2.76 bits per heavy atom. The molecule has 0 radical (unpaired) electrons. The van der Waals surface area contributed by atoms with Crippen molar-refractivity contribution in [2.45, 2.75) is 19.3 Å². The van der Waals surface area contributed by atoms with E-state index in [1.165, 1.54) is 18.4 Å². The highest BCUT2D eigenvalue weighted by Crippen LogP contribution is 2.21. The summed E-state index contributed by atoms with van der Waals surface area (Å²) in [6.07, 6.45) is 3.43. The van der Waals surface area contributed by atoms with Gasteiger partial charge in [-0.2, -0.15) is 0 Å². The molecule has 0 bridgehead atoms. The zero-order valence-electron chi connectivity index (χ0n) is 16.2. The molecular formula is C20H33N3O2. The summed E-state index contributed by atoms with van der Waals surface area (Å²) in [5.41, 5.74) is 1.27. The number of carbonyl (C=O) groups excluding carboxylic acids is 1. The molecule has 140 valence electrons. The third kappa shape index (κ3) is 6.33. The van der Waals surface area contributed by atoms with E-state index < -0.39 is 0 Å². The highest BCUT2D eigenvalue weighted by atomic mass is 16.5. The normalized spacial score (nSPS) is 18.4. The molecule has 0 aliphatic carbocycles. The second-order valence-corrected chi connectivity index (χ2v) is 7.38. The van der Waals surface area contributed by atoms with Crippen molar-refractivity contribution >= 4 is 5.91 Å². The first-order valence-corrected chi connectivity index (χ1v) is 9.22. The molecule has 1 aromatic rings. The fourth-order valence-electron chi connectivity index (χ4n) is 3.57. The highest BCUT2D eigenvalue weighted by molar-refractivity contribution is 5.77. The molecule has 0 aromatic heterocycles. The summed E-state index contributed by atoms with van der Waals surface area (Å²) in [7, 11) is 7.54. The fraction of sp³-hybridized carbons (Fsp3) is 0.650. The van der Waals surface area contributed by atoms with E-state index in [9.17, 15) is 4.79 Å². The predicted molar refractivity (Wildman–Crippen MR) is 102 cm³/mol. The van der Waals surface area contributed by atoms with E-state index >= 15 is 0 Å². The number of carbonyl (C=O) groups is 1. The van der Waals surface area contributed by atoms with Gasteiger partial charge in [-0.05, 0) is 57.5 Å². The van der Waals surface area contributed by atoms with Gasteiger partial charge in [-0.25, -0.2) is 0 Å². The number of likely N-dealkylation sites (N-methyl/N-ethyl adjacent to an activating group) is 2. The Balaban J connectivity index is 1.81. The lowest BCUT2D eigenvalue weighted by Crippen LogP contribution is -2.44. The van der Waals surface area contributed by atoms with Crippen molar-refractivity contribution in [2.75, 3.05) is 61.0 Å². The Kier molecular flexibility index (Phi) is 7.72. The van der Waals surface area contributed by atoms with Crippen molar-refractivity contribution < 1.29 is 9.53 Å². The van der Waals surface area contributed by atoms with Crippen LogP contribution < -0.4 is 4.74 Å². The lowest BCUT2D eigenvalue weighted by Gasteiger charge is -2.35. The molecule has 0 saturated carbocycles. The summed E-state index contributed by atoms with van der Waals surface area (Å²) in [6.45, 7) is 4.63. The lowest BCUT2D eigenvalue weighted by molar-refractivity contribution is -0.131. The second-order valence-electron chi connectivity index (χ2n) is 7.38. The molecule has 1 saturated heterocycles. The summed E-state index contributed by atoms with van der Waals surface area (Å²) in [6, 6.07) is 8.26. The minimum Gasteiger partial charge on any atom is -0.496 e. The number of para-hydroxylation sites is 1. The zero-order valence-corrected chi connectivity index (χ0v) is 16.2. The van der Waals surface area contributed by atoms with Gasteiger partial charge in [0.1, 0.15) is 5.75 Å². The van der Waals surface area contributed by atoms with Crippen LogP contribution in [-0.2, 0) is 11.2 Å². The Morgan fingerprint density at radius 1 is 1.28 bits per heavy atom. The minimum absolute atomic E-state index is 0.205. The average Bonchev–Trinajstić information content (AvgIpc) is 2.60. The minimum atomic E-state index is 0.205. The number of methoxy groups -OCH3 is 1. The number of hydrogen-bond acceptors (Lipinski definition) is 4. The van der Waals surface area contributed by atoms with E-state index in [-0.39, 0.29) is 5.91 Å². The summed E-state index contributed by atoms with van der Waals surface area (Å²) < 4.78 is 5.45. The number of ether oxygens (including phenoxy) is 1. The molecule has 0 unspecified atom stereocenters. The van der Waals surface area contributed by atoms with E-state index in [2.05, 4.69) is 17.0 Å². The van der Waals surface area contributed by atoms with Gasteiger partial charge in [0.25, 0.3) is 0 Å². The number of hydrogen-bond donors (Lipinski definition) is 0.